The Hall–Kier alpha value is -3.45. The summed E-state index contributed by atoms with van der Waals surface area (Å²) in [5.41, 5.74) is 3.08. The molecule has 0 fully saturated rings. The van der Waals surface area contributed by atoms with Crippen LogP contribution in [0.3, 0.4) is 0 Å². The summed E-state index contributed by atoms with van der Waals surface area (Å²) in [5.74, 6) is -0.342. The Balaban J connectivity index is 1.59. The molecule has 1 amide bonds. The third-order valence-electron chi connectivity index (χ3n) is 5.31. The highest BCUT2D eigenvalue weighted by molar-refractivity contribution is 6.08. The lowest BCUT2D eigenvalue weighted by atomic mass is 9.98. The second-order valence-corrected chi connectivity index (χ2v) is 7.41. The van der Waals surface area contributed by atoms with Crippen LogP contribution in [0.5, 0.6) is 0 Å². The summed E-state index contributed by atoms with van der Waals surface area (Å²) < 4.78 is 38.5. The van der Waals surface area contributed by atoms with Crippen molar-refractivity contribution < 1.29 is 22.8 Å². The highest BCUT2D eigenvalue weighted by atomic mass is 19.4. The molecule has 4 nitrogen and oxygen atoms in total. The van der Waals surface area contributed by atoms with Gasteiger partial charge in [0.15, 0.2) is 5.78 Å². The molecule has 4 rings (SSSR count). The van der Waals surface area contributed by atoms with Gasteiger partial charge in [0, 0.05) is 17.8 Å². The zero-order valence-electron chi connectivity index (χ0n) is 16.6. The van der Waals surface area contributed by atoms with Gasteiger partial charge in [0.05, 0.1) is 11.6 Å². The molecule has 158 valence electrons. The van der Waals surface area contributed by atoms with E-state index in [1.807, 2.05) is 12.1 Å². The number of nitrogens with one attached hydrogen (secondary N) is 2. The summed E-state index contributed by atoms with van der Waals surface area (Å²) in [6.07, 6.45) is -4.42. The SMILES string of the molecule is CC(=O)C1NCc2cc(NC(=O)c3ccccc3-c3ccc(C(F)(F)F)cc3)ccc21. The molecule has 0 spiro atoms. The number of halogens is 3. The van der Waals surface area contributed by atoms with Gasteiger partial charge in [-0.2, -0.15) is 13.2 Å². The molecular formula is C24H19F3N2O2. The van der Waals surface area contributed by atoms with Crippen molar-refractivity contribution in [1.82, 2.24) is 5.32 Å². The van der Waals surface area contributed by atoms with E-state index in [-0.39, 0.29) is 17.7 Å². The Morgan fingerprint density at radius 2 is 1.71 bits per heavy atom. The highest BCUT2D eigenvalue weighted by Crippen LogP contribution is 2.32. The topological polar surface area (TPSA) is 58.2 Å². The average molecular weight is 424 g/mol. The van der Waals surface area contributed by atoms with E-state index in [0.717, 1.165) is 23.3 Å². The summed E-state index contributed by atoms with van der Waals surface area (Å²) >= 11 is 0. The molecule has 3 aromatic rings. The fourth-order valence-electron chi connectivity index (χ4n) is 3.77. The van der Waals surface area contributed by atoms with Crippen LogP contribution < -0.4 is 10.6 Å². The van der Waals surface area contributed by atoms with Gasteiger partial charge in [0.2, 0.25) is 0 Å². The average Bonchev–Trinajstić information content (AvgIpc) is 3.17. The van der Waals surface area contributed by atoms with E-state index in [2.05, 4.69) is 10.6 Å². The number of carbonyl (C=O) groups excluding carboxylic acids is 2. The molecule has 0 saturated carbocycles. The van der Waals surface area contributed by atoms with Crippen LogP contribution in [0, 0.1) is 0 Å². The number of hydrogen-bond acceptors (Lipinski definition) is 3. The number of ketones is 1. The highest BCUT2D eigenvalue weighted by Gasteiger charge is 2.30. The third kappa shape index (κ3) is 4.22. The van der Waals surface area contributed by atoms with Gasteiger partial charge in [0.25, 0.3) is 5.91 Å². The first-order valence-electron chi connectivity index (χ1n) is 9.69. The quantitative estimate of drug-likeness (QED) is 0.593. The molecule has 31 heavy (non-hydrogen) atoms. The summed E-state index contributed by atoms with van der Waals surface area (Å²) in [6.45, 7) is 2.06. The standard InChI is InChI=1S/C24H19F3N2O2/c1-14(30)22-20-11-10-18(12-16(20)13-28-22)29-23(31)21-5-3-2-4-19(21)15-6-8-17(9-7-15)24(25,26)27/h2-12,22,28H,13H2,1H3,(H,29,31). The Morgan fingerprint density at radius 1 is 1.00 bits per heavy atom. The first kappa shape index (κ1) is 20.8. The maximum absolute atomic E-state index is 12.9. The van der Waals surface area contributed by atoms with E-state index in [1.54, 1.807) is 30.3 Å². The summed E-state index contributed by atoms with van der Waals surface area (Å²) in [5, 5.41) is 5.98. The Morgan fingerprint density at radius 3 is 2.39 bits per heavy atom. The molecule has 1 atom stereocenters. The lowest BCUT2D eigenvalue weighted by Gasteiger charge is -2.13. The largest absolute Gasteiger partial charge is 0.416 e. The number of rotatable bonds is 4. The van der Waals surface area contributed by atoms with Gasteiger partial charge in [-0.1, -0.05) is 36.4 Å². The minimum Gasteiger partial charge on any atom is -0.322 e. The molecule has 0 bridgehead atoms. The number of alkyl halides is 3. The number of benzene rings is 3. The van der Waals surface area contributed by atoms with Crippen LogP contribution in [0.2, 0.25) is 0 Å². The van der Waals surface area contributed by atoms with Gasteiger partial charge in [-0.25, -0.2) is 0 Å². The number of hydrogen-bond donors (Lipinski definition) is 2. The fraction of sp³-hybridized carbons (Fsp3) is 0.167. The zero-order valence-corrected chi connectivity index (χ0v) is 16.6. The molecular weight excluding hydrogens is 405 g/mol. The zero-order chi connectivity index (χ0) is 22.2. The van der Waals surface area contributed by atoms with Crippen molar-refractivity contribution in [2.24, 2.45) is 0 Å². The maximum atomic E-state index is 12.9. The van der Waals surface area contributed by atoms with Crippen LogP contribution in [0.4, 0.5) is 18.9 Å². The lowest BCUT2D eigenvalue weighted by Crippen LogP contribution is -2.19. The predicted octanol–water partition coefficient (Wildman–Crippen LogP) is 5.36. The maximum Gasteiger partial charge on any atom is 0.416 e. The normalized spacial score (nSPS) is 15.4. The minimum absolute atomic E-state index is 0.0287. The summed E-state index contributed by atoms with van der Waals surface area (Å²) in [6, 6.07) is 16.5. The van der Waals surface area contributed by atoms with E-state index in [1.165, 1.54) is 19.1 Å². The molecule has 0 aromatic heterocycles. The molecule has 1 aliphatic rings. The first-order valence-corrected chi connectivity index (χ1v) is 9.69. The van der Waals surface area contributed by atoms with Gasteiger partial charge in [-0.3, -0.25) is 14.9 Å². The number of anilines is 1. The van der Waals surface area contributed by atoms with Crippen LogP contribution in [-0.4, -0.2) is 11.7 Å². The van der Waals surface area contributed by atoms with Gasteiger partial charge in [0.1, 0.15) is 0 Å². The van der Waals surface area contributed by atoms with E-state index in [0.29, 0.717) is 28.9 Å². The summed E-state index contributed by atoms with van der Waals surface area (Å²) in [7, 11) is 0. The number of Topliss-reactive ketones (excluding diaryl/α,β-unsaturated/α-hetero) is 1. The molecule has 7 heteroatoms. The molecule has 1 unspecified atom stereocenters. The van der Waals surface area contributed by atoms with E-state index >= 15 is 0 Å². The van der Waals surface area contributed by atoms with Crippen LogP contribution >= 0.6 is 0 Å². The lowest BCUT2D eigenvalue weighted by molar-refractivity contribution is -0.137. The number of carbonyl (C=O) groups is 2. The Bertz CT molecular complexity index is 1150. The van der Waals surface area contributed by atoms with Gasteiger partial charge in [-0.05, 0) is 59.5 Å². The van der Waals surface area contributed by atoms with Gasteiger partial charge >= 0.3 is 6.18 Å². The first-order chi connectivity index (χ1) is 14.7. The van der Waals surface area contributed by atoms with E-state index < -0.39 is 11.7 Å². The Labute approximate surface area is 177 Å². The predicted molar refractivity (Wildman–Crippen MR) is 112 cm³/mol. The van der Waals surface area contributed by atoms with Crippen LogP contribution in [0.1, 0.15) is 40.0 Å². The van der Waals surface area contributed by atoms with Gasteiger partial charge in [-0.15, -0.1) is 0 Å². The third-order valence-corrected chi connectivity index (χ3v) is 5.31. The smallest absolute Gasteiger partial charge is 0.322 e. The van der Waals surface area contributed by atoms with Crippen molar-refractivity contribution in [2.45, 2.75) is 25.7 Å². The molecule has 3 aromatic carbocycles. The minimum atomic E-state index is -4.42. The molecule has 0 radical (unpaired) electrons. The van der Waals surface area contributed by atoms with Crippen molar-refractivity contribution in [1.29, 1.82) is 0 Å². The van der Waals surface area contributed by atoms with Crippen molar-refractivity contribution in [3.05, 3.63) is 89.0 Å². The molecule has 0 saturated heterocycles. The van der Waals surface area contributed by atoms with Crippen molar-refractivity contribution in [2.75, 3.05) is 5.32 Å². The fourth-order valence-corrected chi connectivity index (χ4v) is 3.77. The Kier molecular flexibility index (Phi) is 5.37. The van der Waals surface area contributed by atoms with E-state index in [4.69, 9.17) is 0 Å². The van der Waals surface area contributed by atoms with Gasteiger partial charge < -0.3 is 5.32 Å². The molecule has 0 aliphatic carbocycles. The van der Waals surface area contributed by atoms with Crippen molar-refractivity contribution in [3.63, 3.8) is 0 Å². The second kappa shape index (κ2) is 8.00. The number of fused-ring (bicyclic) bond motifs is 1. The molecule has 2 N–H and O–H groups in total. The monoisotopic (exact) mass is 424 g/mol. The molecule has 1 aliphatic heterocycles. The van der Waals surface area contributed by atoms with E-state index in [9.17, 15) is 22.8 Å². The molecule has 1 heterocycles. The van der Waals surface area contributed by atoms with Crippen LogP contribution in [-0.2, 0) is 17.5 Å². The van der Waals surface area contributed by atoms with Crippen LogP contribution in [0.15, 0.2) is 66.7 Å². The van der Waals surface area contributed by atoms with Crippen molar-refractivity contribution >= 4 is 17.4 Å². The number of amides is 1. The second-order valence-electron chi connectivity index (χ2n) is 7.41. The summed E-state index contributed by atoms with van der Waals surface area (Å²) in [4.78, 5) is 24.7. The van der Waals surface area contributed by atoms with Crippen molar-refractivity contribution in [3.8, 4) is 11.1 Å². The van der Waals surface area contributed by atoms with Crippen LogP contribution in [0.25, 0.3) is 11.1 Å².